The Balaban J connectivity index is 1.51. The molecule has 0 aliphatic heterocycles. The van der Waals surface area contributed by atoms with Crippen molar-refractivity contribution in [2.75, 3.05) is 11.9 Å². The van der Waals surface area contributed by atoms with Crippen LogP contribution in [-0.2, 0) is 14.8 Å². The van der Waals surface area contributed by atoms with Crippen LogP contribution in [-0.4, -0.2) is 25.9 Å². The summed E-state index contributed by atoms with van der Waals surface area (Å²) in [6.45, 7) is 3.87. The summed E-state index contributed by atoms with van der Waals surface area (Å²) in [5.74, 6) is -0.260. The molecule has 28 heavy (non-hydrogen) atoms. The maximum atomic E-state index is 12.2. The third kappa shape index (κ3) is 5.25. The van der Waals surface area contributed by atoms with Gasteiger partial charge in [-0.25, -0.2) is 18.1 Å². The van der Waals surface area contributed by atoms with E-state index in [2.05, 4.69) is 15.0 Å². The number of sulfonamides is 1. The maximum Gasteiger partial charge on any atom is 0.240 e. The Morgan fingerprint density at radius 2 is 1.71 bits per heavy atom. The standard InChI is InChI=1S/C20H21N3O3S2/c1-14-3-9-18(10-4-14)28(25,26)21-12-11-20(24)23-17-7-5-16(6-8-17)19-13-27-15(2)22-19/h3-10,13,21H,11-12H2,1-2H3,(H,23,24). The van der Waals surface area contributed by atoms with Crippen LogP contribution in [0, 0.1) is 13.8 Å². The van der Waals surface area contributed by atoms with Crippen molar-refractivity contribution < 1.29 is 13.2 Å². The average Bonchev–Trinajstić information content (AvgIpc) is 3.09. The highest BCUT2D eigenvalue weighted by Gasteiger charge is 2.14. The van der Waals surface area contributed by atoms with E-state index in [-0.39, 0.29) is 23.8 Å². The molecule has 8 heteroatoms. The molecule has 0 bridgehead atoms. The van der Waals surface area contributed by atoms with Gasteiger partial charge in [0.15, 0.2) is 0 Å². The van der Waals surface area contributed by atoms with E-state index in [1.807, 2.05) is 31.4 Å². The molecule has 1 amide bonds. The Hall–Kier alpha value is -2.55. The second kappa shape index (κ2) is 8.64. The highest BCUT2D eigenvalue weighted by molar-refractivity contribution is 7.89. The zero-order chi connectivity index (χ0) is 20.1. The molecule has 0 atom stereocenters. The van der Waals surface area contributed by atoms with Crippen LogP contribution in [0.5, 0.6) is 0 Å². The molecule has 0 fully saturated rings. The fraction of sp³-hybridized carbons (Fsp3) is 0.200. The molecular formula is C20H21N3O3S2. The molecule has 2 N–H and O–H groups in total. The van der Waals surface area contributed by atoms with Gasteiger partial charge in [0.1, 0.15) is 0 Å². The molecule has 6 nitrogen and oxygen atoms in total. The third-order valence-electron chi connectivity index (χ3n) is 4.06. The molecule has 0 aliphatic carbocycles. The summed E-state index contributed by atoms with van der Waals surface area (Å²) >= 11 is 1.59. The van der Waals surface area contributed by atoms with Crippen molar-refractivity contribution in [1.82, 2.24) is 9.71 Å². The Morgan fingerprint density at radius 1 is 1.04 bits per heavy atom. The SMILES string of the molecule is Cc1ccc(S(=O)(=O)NCCC(=O)Nc2ccc(-c3csc(C)n3)cc2)cc1. The van der Waals surface area contributed by atoms with Crippen molar-refractivity contribution in [1.29, 1.82) is 0 Å². The Kier molecular flexibility index (Phi) is 6.23. The van der Waals surface area contributed by atoms with Crippen molar-refractivity contribution in [2.45, 2.75) is 25.2 Å². The van der Waals surface area contributed by atoms with Gasteiger partial charge in [0, 0.05) is 29.6 Å². The molecule has 3 rings (SSSR count). The number of benzene rings is 2. The van der Waals surface area contributed by atoms with Crippen LogP contribution < -0.4 is 10.0 Å². The number of rotatable bonds is 7. The first kappa shape index (κ1) is 20.2. The van der Waals surface area contributed by atoms with E-state index in [0.29, 0.717) is 5.69 Å². The molecule has 0 unspecified atom stereocenters. The molecule has 2 aromatic carbocycles. The van der Waals surface area contributed by atoms with E-state index in [0.717, 1.165) is 21.8 Å². The molecule has 0 radical (unpaired) electrons. The first-order valence-electron chi connectivity index (χ1n) is 8.72. The van der Waals surface area contributed by atoms with Gasteiger partial charge in [0.2, 0.25) is 15.9 Å². The summed E-state index contributed by atoms with van der Waals surface area (Å²) in [5, 5.41) is 5.76. The van der Waals surface area contributed by atoms with Gasteiger partial charge in [0.25, 0.3) is 0 Å². The minimum atomic E-state index is -3.62. The minimum absolute atomic E-state index is 0.0260. The van der Waals surface area contributed by atoms with E-state index in [9.17, 15) is 13.2 Å². The van der Waals surface area contributed by atoms with Crippen LogP contribution in [0.15, 0.2) is 58.8 Å². The van der Waals surface area contributed by atoms with Gasteiger partial charge in [0.05, 0.1) is 15.6 Å². The van der Waals surface area contributed by atoms with Gasteiger partial charge in [-0.3, -0.25) is 4.79 Å². The first-order valence-corrected chi connectivity index (χ1v) is 11.1. The summed E-state index contributed by atoms with van der Waals surface area (Å²) in [6, 6.07) is 14.0. The fourth-order valence-electron chi connectivity index (χ4n) is 2.54. The largest absolute Gasteiger partial charge is 0.326 e. The second-order valence-electron chi connectivity index (χ2n) is 6.34. The highest BCUT2D eigenvalue weighted by Crippen LogP contribution is 2.23. The average molecular weight is 416 g/mol. The molecule has 146 valence electrons. The monoisotopic (exact) mass is 415 g/mol. The molecular weight excluding hydrogens is 394 g/mol. The van der Waals surface area contributed by atoms with E-state index in [1.54, 1.807) is 47.7 Å². The zero-order valence-electron chi connectivity index (χ0n) is 15.6. The van der Waals surface area contributed by atoms with Crippen molar-refractivity contribution in [3.63, 3.8) is 0 Å². The topological polar surface area (TPSA) is 88.2 Å². The van der Waals surface area contributed by atoms with Crippen molar-refractivity contribution in [2.24, 2.45) is 0 Å². The predicted octanol–water partition coefficient (Wildman–Crippen LogP) is 3.73. The van der Waals surface area contributed by atoms with Crippen molar-refractivity contribution >= 4 is 33.0 Å². The van der Waals surface area contributed by atoms with Crippen LogP contribution >= 0.6 is 11.3 Å². The number of carbonyl (C=O) groups is 1. The lowest BCUT2D eigenvalue weighted by Gasteiger charge is -2.08. The summed E-state index contributed by atoms with van der Waals surface area (Å²) in [7, 11) is -3.62. The van der Waals surface area contributed by atoms with Gasteiger partial charge >= 0.3 is 0 Å². The van der Waals surface area contributed by atoms with Gasteiger partial charge in [-0.05, 0) is 38.1 Å². The quantitative estimate of drug-likeness (QED) is 0.615. The lowest BCUT2D eigenvalue weighted by Crippen LogP contribution is -2.27. The number of hydrogen-bond acceptors (Lipinski definition) is 5. The van der Waals surface area contributed by atoms with Gasteiger partial charge in [-0.1, -0.05) is 29.8 Å². The third-order valence-corrected chi connectivity index (χ3v) is 6.31. The number of aromatic nitrogens is 1. The molecule has 0 saturated heterocycles. The summed E-state index contributed by atoms with van der Waals surface area (Å²) in [5.41, 5.74) is 3.52. The molecule has 0 spiro atoms. The van der Waals surface area contributed by atoms with Crippen LogP contribution in [0.1, 0.15) is 17.0 Å². The predicted molar refractivity (Wildman–Crippen MR) is 112 cm³/mol. The number of amides is 1. The lowest BCUT2D eigenvalue weighted by molar-refractivity contribution is -0.116. The number of nitrogens with one attached hydrogen (secondary N) is 2. The summed E-state index contributed by atoms with van der Waals surface area (Å²) in [4.78, 5) is 16.7. The minimum Gasteiger partial charge on any atom is -0.326 e. The molecule has 0 saturated carbocycles. The van der Waals surface area contributed by atoms with Crippen LogP contribution in [0.4, 0.5) is 5.69 Å². The number of carbonyl (C=O) groups excluding carboxylic acids is 1. The molecule has 3 aromatic rings. The van der Waals surface area contributed by atoms with Crippen molar-refractivity contribution in [3.8, 4) is 11.3 Å². The fourth-order valence-corrected chi connectivity index (χ4v) is 4.20. The Morgan fingerprint density at radius 3 is 2.32 bits per heavy atom. The maximum absolute atomic E-state index is 12.2. The number of aryl methyl sites for hydroxylation is 2. The zero-order valence-corrected chi connectivity index (χ0v) is 17.2. The van der Waals surface area contributed by atoms with Gasteiger partial charge in [-0.2, -0.15) is 0 Å². The number of hydrogen-bond donors (Lipinski definition) is 2. The number of anilines is 1. The lowest BCUT2D eigenvalue weighted by atomic mass is 10.1. The summed E-state index contributed by atoms with van der Waals surface area (Å²) < 4.78 is 26.9. The van der Waals surface area contributed by atoms with Crippen LogP contribution in [0.3, 0.4) is 0 Å². The number of nitrogens with zero attached hydrogens (tertiary/aromatic N) is 1. The summed E-state index contributed by atoms with van der Waals surface area (Å²) in [6.07, 6.45) is 0.0398. The van der Waals surface area contributed by atoms with E-state index < -0.39 is 10.0 Å². The van der Waals surface area contributed by atoms with E-state index in [1.165, 1.54) is 0 Å². The van der Waals surface area contributed by atoms with E-state index in [4.69, 9.17) is 0 Å². The first-order chi connectivity index (χ1) is 13.3. The molecule has 1 aromatic heterocycles. The van der Waals surface area contributed by atoms with Crippen molar-refractivity contribution in [3.05, 3.63) is 64.5 Å². The molecule has 0 aliphatic rings. The normalized spacial score (nSPS) is 11.4. The van der Waals surface area contributed by atoms with Gasteiger partial charge < -0.3 is 5.32 Å². The van der Waals surface area contributed by atoms with E-state index >= 15 is 0 Å². The van der Waals surface area contributed by atoms with Crippen LogP contribution in [0.25, 0.3) is 11.3 Å². The van der Waals surface area contributed by atoms with Crippen LogP contribution in [0.2, 0.25) is 0 Å². The second-order valence-corrected chi connectivity index (χ2v) is 9.17. The van der Waals surface area contributed by atoms with Gasteiger partial charge in [-0.15, -0.1) is 11.3 Å². The number of thiazole rings is 1. The highest BCUT2D eigenvalue weighted by atomic mass is 32.2. The Bertz CT molecular complexity index is 1060. The Labute approximate surface area is 168 Å². The smallest absolute Gasteiger partial charge is 0.240 e. The molecule has 1 heterocycles.